The third-order valence-electron chi connectivity index (χ3n) is 2.68. The summed E-state index contributed by atoms with van der Waals surface area (Å²) in [6.45, 7) is 10.8. The van der Waals surface area contributed by atoms with E-state index in [-0.39, 0.29) is 0 Å². The van der Waals surface area contributed by atoms with E-state index in [9.17, 15) is 0 Å². The van der Waals surface area contributed by atoms with Crippen molar-refractivity contribution in [1.29, 1.82) is 0 Å². The first-order chi connectivity index (χ1) is 5.74. The van der Waals surface area contributed by atoms with Gasteiger partial charge in [0, 0.05) is 0 Å². The molecule has 0 fully saturated rings. The molecule has 0 saturated heterocycles. The van der Waals surface area contributed by atoms with Gasteiger partial charge in [0.25, 0.3) is 0 Å². The first-order valence-electron chi connectivity index (χ1n) is 5.38. The van der Waals surface area contributed by atoms with Crippen molar-refractivity contribution >= 4 is 0 Å². The highest BCUT2D eigenvalue weighted by molar-refractivity contribution is 4.93. The summed E-state index contributed by atoms with van der Waals surface area (Å²) in [7, 11) is 0. The summed E-state index contributed by atoms with van der Waals surface area (Å²) in [5.74, 6) is 0. The second-order valence-corrected chi connectivity index (χ2v) is 3.82. The fourth-order valence-electron chi connectivity index (χ4n) is 2.17. The van der Waals surface area contributed by atoms with E-state index in [1.165, 1.54) is 38.5 Å². The van der Waals surface area contributed by atoms with E-state index in [4.69, 9.17) is 0 Å². The minimum atomic E-state index is 0.457. The summed E-state index contributed by atoms with van der Waals surface area (Å²) < 4.78 is 0. The predicted octanol–water partition coefficient (Wildman–Crippen LogP) is 4.56. The molecule has 0 atom stereocenters. The van der Waals surface area contributed by atoms with Crippen molar-refractivity contribution in [1.82, 2.24) is 0 Å². The maximum Gasteiger partial charge on any atom is -0.0121 e. The van der Waals surface area contributed by atoms with Gasteiger partial charge in [0.05, 0.1) is 0 Å². The summed E-state index contributed by atoms with van der Waals surface area (Å²) in [6, 6.07) is 0. The molecule has 0 rings (SSSR count). The fraction of sp³-hybridized carbons (Fsp3) is 0.833. The molecule has 0 nitrogen and oxygen atoms in total. The van der Waals surface area contributed by atoms with Crippen molar-refractivity contribution in [3.63, 3.8) is 0 Å². The van der Waals surface area contributed by atoms with Crippen LogP contribution in [0.1, 0.15) is 59.3 Å². The van der Waals surface area contributed by atoms with Crippen LogP contribution < -0.4 is 0 Å². The molecule has 0 radical (unpaired) electrons. The van der Waals surface area contributed by atoms with E-state index < -0.39 is 0 Å². The topological polar surface area (TPSA) is 0 Å². The molecule has 0 aliphatic heterocycles. The maximum atomic E-state index is 3.99. The van der Waals surface area contributed by atoms with Crippen LogP contribution in [0.5, 0.6) is 0 Å². The van der Waals surface area contributed by atoms with Gasteiger partial charge in [0.1, 0.15) is 0 Å². The molecule has 0 heterocycles. The molecule has 0 amide bonds. The van der Waals surface area contributed by atoms with Crippen LogP contribution in [0.15, 0.2) is 12.7 Å². The second-order valence-electron chi connectivity index (χ2n) is 3.82. The van der Waals surface area contributed by atoms with E-state index in [1.807, 2.05) is 0 Å². The molecular weight excluding hydrogens is 144 g/mol. The Labute approximate surface area is 78.1 Å². The minimum absolute atomic E-state index is 0.457. The van der Waals surface area contributed by atoms with E-state index in [0.29, 0.717) is 5.41 Å². The van der Waals surface area contributed by atoms with Crippen molar-refractivity contribution in [2.45, 2.75) is 59.3 Å². The Bertz CT molecular complexity index is 96.2. The van der Waals surface area contributed by atoms with Gasteiger partial charge in [-0.2, -0.15) is 0 Å². The van der Waals surface area contributed by atoms with Crippen molar-refractivity contribution in [3.8, 4) is 0 Å². The highest BCUT2D eigenvalue weighted by Crippen LogP contribution is 2.35. The molecule has 0 aromatic carbocycles. The van der Waals surface area contributed by atoms with Crippen LogP contribution in [0.2, 0.25) is 0 Å². The standard InChI is InChI=1S/C12H24/c1-5-9-12(8-4,10-6-2)11-7-3/h8H,4-7,9-11H2,1-3H3. The molecule has 72 valence electrons. The van der Waals surface area contributed by atoms with Gasteiger partial charge >= 0.3 is 0 Å². The van der Waals surface area contributed by atoms with Gasteiger partial charge in [0.15, 0.2) is 0 Å². The van der Waals surface area contributed by atoms with Crippen LogP contribution in [0.4, 0.5) is 0 Å². The number of allylic oxidation sites excluding steroid dienone is 1. The molecule has 0 heteroatoms. The molecule has 0 aliphatic carbocycles. The summed E-state index contributed by atoms with van der Waals surface area (Å²) in [5.41, 5.74) is 0.457. The van der Waals surface area contributed by atoms with E-state index in [1.54, 1.807) is 0 Å². The molecule has 0 unspecified atom stereocenters. The first kappa shape index (κ1) is 11.7. The second kappa shape index (κ2) is 6.28. The van der Waals surface area contributed by atoms with Gasteiger partial charge in [-0.25, -0.2) is 0 Å². The Kier molecular flexibility index (Phi) is 6.14. The smallest absolute Gasteiger partial charge is 0.0121 e. The van der Waals surface area contributed by atoms with Gasteiger partial charge in [-0.05, 0) is 24.7 Å². The molecule has 0 aliphatic rings. The highest BCUT2D eigenvalue weighted by Gasteiger charge is 2.22. The van der Waals surface area contributed by atoms with Crippen molar-refractivity contribution in [2.24, 2.45) is 5.41 Å². The predicted molar refractivity (Wildman–Crippen MR) is 57.4 cm³/mol. The molecule has 0 N–H and O–H groups in total. The zero-order chi connectivity index (χ0) is 9.45. The average molecular weight is 168 g/mol. The van der Waals surface area contributed by atoms with Crippen LogP contribution >= 0.6 is 0 Å². The highest BCUT2D eigenvalue weighted by atomic mass is 14.3. The Morgan fingerprint density at radius 3 is 1.42 bits per heavy atom. The molecule has 0 saturated carbocycles. The van der Waals surface area contributed by atoms with Gasteiger partial charge in [0.2, 0.25) is 0 Å². The Morgan fingerprint density at radius 1 is 0.917 bits per heavy atom. The largest absolute Gasteiger partial charge is 0.103 e. The summed E-state index contributed by atoms with van der Waals surface area (Å²) in [4.78, 5) is 0. The third-order valence-corrected chi connectivity index (χ3v) is 2.68. The van der Waals surface area contributed by atoms with E-state index >= 15 is 0 Å². The Morgan fingerprint density at radius 2 is 1.25 bits per heavy atom. The van der Waals surface area contributed by atoms with Gasteiger partial charge in [-0.15, -0.1) is 6.58 Å². The van der Waals surface area contributed by atoms with Crippen LogP contribution in [-0.2, 0) is 0 Å². The van der Waals surface area contributed by atoms with Crippen LogP contribution in [0, 0.1) is 5.41 Å². The first-order valence-corrected chi connectivity index (χ1v) is 5.38. The zero-order valence-electron chi connectivity index (χ0n) is 9.03. The number of hydrogen-bond donors (Lipinski definition) is 0. The summed E-state index contributed by atoms with van der Waals surface area (Å²) in [6.07, 6.45) is 10.0. The molecule has 0 aromatic heterocycles. The zero-order valence-corrected chi connectivity index (χ0v) is 9.03. The lowest BCUT2D eigenvalue weighted by Crippen LogP contribution is -2.16. The van der Waals surface area contributed by atoms with Crippen LogP contribution in [0.3, 0.4) is 0 Å². The normalized spacial score (nSPS) is 11.6. The molecule has 0 bridgehead atoms. The summed E-state index contributed by atoms with van der Waals surface area (Å²) >= 11 is 0. The lowest BCUT2D eigenvalue weighted by molar-refractivity contribution is 0.289. The van der Waals surface area contributed by atoms with Gasteiger partial charge < -0.3 is 0 Å². The minimum Gasteiger partial charge on any atom is -0.103 e. The van der Waals surface area contributed by atoms with Crippen LogP contribution in [-0.4, -0.2) is 0 Å². The fourth-order valence-corrected chi connectivity index (χ4v) is 2.17. The van der Waals surface area contributed by atoms with Crippen LogP contribution in [0.25, 0.3) is 0 Å². The average Bonchev–Trinajstić information content (AvgIpc) is 2.06. The number of hydrogen-bond acceptors (Lipinski definition) is 0. The maximum absolute atomic E-state index is 3.99. The van der Waals surface area contributed by atoms with E-state index in [2.05, 4.69) is 33.4 Å². The third kappa shape index (κ3) is 3.42. The number of rotatable bonds is 7. The lowest BCUT2D eigenvalue weighted by atomic mass is 9.76. The summed E-state index contributed by atoms with van der Waals surface area (Å²) in [5, 5.41) is 0. The molecule has 12 heavy (non-hydrogen) atoms. The van der Waals surface area contributed by atoms with E-state index in [0.717, 1.165) is 0 Å². The van der Waals surface area contributed by atoms with Crippen molar-refractivity contribution < 1.29 is 0 Å². The lowest BCUT2D eigenvalue weighted by Gasteiger charge is -2.29. The Hall–Kier alpha value is -0.260. The van der Waals surface area contributed by atoms with Crippen molar-refractivity contribution in [2.75, 3.05) is 0 Å². The quantitative estimate of drug-likeness (QED) is 0.489. The monoisotopic (exact) mass is 168 g/mol. The molecular formula is C12H24. The van der Waals surface area contributed by atoms with Gasteiger partial charge in [-0.1, -0.05) is 46.1 Å². The van der Waals surface area contributed by atoms with Gasteiger partial charge in [-0.3, -0.25) is 0 Å². The Balaban J connectivity index is 4.16. The van der Waals surface area contributed by atoms with Crippen molar-refractivity contribution in [3.05, 3.63) is 12.7 Å². The molecule has 0 aromatic rings. The molecule has 0 spiro atoms. The SMILES string of the molecule is C=CC(CCC)(CCC)CCC.